The second-order valence-corrected chi connectivity index (χ2v) is 4.77. The molecule has 0 aliphatic carbocycles. The summed E-state index contributed by atoms with van der Waals surface area (Å²) in [4.78, 5) is 11.8. The fraction of sp³-hybridized carbons (Fsp3) is 0.462. The summed E-state index contributed by atoms with van der Waals surface area (Å²) in [7, 11) is 0. The van der Waals surface area contributed by atoms with Gasteiger partial charge in [-0.3, -0.25) is 4.79 Å². The second-order valence-electron chi connectivity index (χ2n) is 4.77. The molecule has 2 heterocycles. The van der Waals surface area contributed by atoms with Gasteiger partial charge in [0.1, 0.15) is 18.2 Å². The molecule has 3 rings (SSSR count). The third kappa shape index (κ3) is 2.12. The van der Waals surface area contributed by atoms with E-state index in [1.165, 1.54) is 0 Å². The van der Waals surface area contributed by atoms with Gasteiger partial charge < -0.3 is 19.9 Å². The standard InChI is InChI=1S/C13H15NO4/c15-11(17-7-9-4-2-1-3-5-9)10-6-13(8-14-10)12(16)18-13/h1-5,10,12,14,16H,6-8H2/t10-,12?,13-/m0/s1. The van der Waals surface area contributed by atoms with E-state index < -0.39 is 11.9 Å². The molecule has 2 N–H and O–H groups in total. The van der Waals surface area contributed by atoms with Gasteiger partial charge in [0.05, 0.1) is 0 Å². The molecule has 3 atom stereocenters. The Morgan fingerprint density at radius 1 is 1.50 bits per heavy atom. The number of esters is 1. The summed E-state index contributed by atoms with van der Waals surface area (Å²) in [5.74, 6) is -0.293. The number of benzene rings is 1. The van der Waals surface area contributed by atoms with E-state index in [2.05, 4.69) is 5.32 Å². The molecule has 0 amide bonds. The molecule has 5 nitrogen and oxygen atoms in total. The van der Waals surface area contributed by atoms with Crippen molar-refractivity contribution in [2.45, 2.75) is 31.0 Å². The third-order valence-electron chi connectivity index (χ3n) is 3.44. The van der Waals surface area contributed by atoms with Crippen molar-refractivity contribution < 1.29 is 19.4 Å². The Labute approximate surface area is 105 Å². The number of aliphatic hydroxyl groups excluding tert-OH is 1. The second kappa shape index (κ2) is 4.35. The van der Waals surface area contributed by atoms with E-state index in [9.17, 15) is 9.90 Å². The number of hydrogen-bond acceptors (Lipinski definition) is 5. The van der Waals surface area contributed by atoms with Crippen LogP contribution in [0.2, 0.25) is 0 Å². The van der Waals surface area contributed by atoms with E-state index in [1.54, 1.807) is 0 Å². The number of carbonyl (C=O) groups excluding carboxylic acids is 1. The first kappa shape index (κ1) is 11.6. The first-order valence-corrected chi connectivity index (χ1v) is 5.99. The molecule has 0 aromatic heterocycles. The molecule has 5 heteroatoms. The van der Waals surface area contributed by atoms with Crippen LogP contribution in [0.4, 0.5) is 0 Å². The van der Waals surface area contributed by atoms with Crippen molar-refractivity contribution in [3.8, 4) is 0 Å². The Kier molecular flexibility index (Phi) is 2.81. The van der Waals surface area contributed by atoms with Crippen LogP contribution in [-0.2, 0) is 20.9 Å². The molecular formula is C13H15NO4. The Bertz CT molecular complexity index is 450. The normalized spacial score (nSPS) is 33.6. The van der Waals surface area contributed by atoms with Gasteiger partial charge in [0, 0.05) is 13.0 Å². The molecule has 2 aliphatic heterocycles. The maximum Gasteiger partial charge on any atom is 0.323 e. The predicted octanol–water partition coefficient (Wildman–Crippen LogP) is 0.179. The molecule has 2 fully saturated rings. The van der Waals surface area contributed by atoms with Crippen LogP contribution >= 0.6 is 0 Å². The zero-order valence-corrected chi connectivity index (χ0v) is 9.83. The lowest BCUT2D eigenvalue weighted by atomic mass is 10.1. The van der Waals surface area contributed by atoms with E-state index in [-0.39, 0.29) is 18.6 Å². The molecule has 18 heavy (non-hydrogen) atoms. The summed E-state index contributed by atoms with van der Waals surface area (Å²) in [5.41, 5.74) is 0.414. The van der Waals surface area contributed by atoms with Gasteiger partial charge in [0.15, 0.2) is 6.29 Å². The van der Waals surface area contributed by atoms with E-state index >= 15 is 0 Å². The number of epoxide rings is 1. The third-order valence-corrected chi connectivity index (χ3v) is 3.44. The fourth-order valence-corrected chi connectivity index (χ4v) is 2.25. The minimum atomic E-state index is -0.739. The van der Waals surface area contributed by atoms with Crippen LogP contribution in [0.5, 0.6) is 0 Å². The average Bonchev–Trinajstić information content (AvgIpc) is 2.83. The van der Waals surface area contributed by atoms with Crippen LogP contribution in [0.25, 0.3) is 0 Å². The summed E-state index contributed by atoms with van der Waals surface area (Å²) >= 11 is 0. The maximum atomic E-state index is 11.8. The van der Waals surface area contributed by atoms with Gasteiger partial charge in [-0.2, -0.15) is 0 Å². The topological polar surface area (TPSA) is 71.1 Å². The predicted molar refractivity (Wildman–Crippen MR) is 62.5 cm³/mol. The first-order valence-electron chi connectivity index (χ1n) is 5.99. The highest BCUT2D eigenvalue weighted by atomic mass is 16.7. The SMILES string of the molecule is O=C(OCc1ccccc1)[C@@H]1C[C@@]2(CN1)OC2O. The number of rotatable bonds is 3. The molecular weight excluding hydrogens is 234 g/mol. The lowest BCUT2D eigenvalue weighted by Crippen LogP contribution is -2.32. The molecule has 0 bridgehead atoms. The van der Waals surface area contributed by atoms with Crippen LogP contribution in [-0.4, -0.2) is 35.6 Å². The van der Waals surface area contributed by atoms with Crippen molar-refractivity contribution in [2.24, 2.45) is 0 Å². The maximum absolute atomic E-state index is 11.8. The average molecular weight is 249 g/mol. The molecule has 0 radical (unpaired) electrons. The zero-order valence-electron chi connectivity index (χ0n) is 9.83. The van der Waals surface area contributed by atoms with Crippen LogP contribution in [0.3, 0.4) is 0 Å². The van der Waals surface area contributed by atoms with Crippen molar-refractivity contribution in [1.82, 2.24) is 5.32 Å². The minimum absolute atomic E-state index is 0.272. The molecule has 2 aliphatic rings. The largest absolute Gasteiger partial charge is 0.460 e. The lowest BCUT2D eigenvalue weighted by molar-refractivity contribution is -0.147. The number of nitrogens with one attached hydrogen (secondary N) is 1. The van der Waals surface area contributed by atoms with Gasteiger partial charge in [-0.25, -0.2) is 0 Å². The van der Waals surface area contributed by atoms with Crippen molar-refractivity contribution in [2.75, 3.05) is 6.54 Å². The highest BCUT2D eigenvalue weighted by molar-refractivity contribution is 5.76. The van der Waals surface area contributed by atoms with Crippen molar-refractivity contribution >= 4 is 5.97 Å². The lowest BCUT2D eigenvalue weighted by Gasteiger charge is -2.10. The number of aliphatic hydroxyl groups is 1. The zero-order chi connectivity index (χ0) is 12.6. The van der Waals surface area contributed by atoms with E-state index in [0.29, 0.717) is 13.0 Å². The van der Waals surface area contributed by atoms with E-state index in [1.807, 2.05) is 30.3 Å². The summed E-state index contributed by atoms with van der Waals surface area (Å²) in [6.07, 6.45) is -0.265. The molecule has 1 aromatic rings. The van der Waals surface area contributed by atoms with E-state index in [4.69, 9.17) is 9.47 Å². The van der Waals surface area contributed by atoms with Crippen LogP contribution in [0.15, 0.2) is 30.3 Å². The summed E-state index contributed by atoms with van der Waals surface area (Å²) in [5, 5.41) is 12.3. The molecule has 1 spiro atoms. The van der Waals surface area contributed by atoms with Gasteiger partial charge in [-0.05, 0) is 5.56 Å². The van der Waals surface area contributed by atoms with Gasteiger partial charge in [0.2, 0.25) is 0 Å². The van der Waals surface area contributed by atoms with Crippen molar-refractivity contribution in [1.29, 1.82) is 0 Å². The quantitative estimate of drug-likeness (QED) is 0.590. The molecule has 2 saturated heterocycles. The summed E-state index contributed by atoms with van der Waals surface area (Å²) in [6, 6.07) is 9.15. The Morgan fingerprint density at radius 2 is 2.22 bits per heavy atom. The van der Waals surface area contributed by atoms with Crippen molar-refractivity contribution in [3.05, 3.63) is 35.9 Å². The molecule has 1 aromatic carbocycles. The van der Waals surface area contributed by atoms with Crippen LogP contribution < -0.4 is 5.32 Å². The van der Waals surface area contributed by atoms with Crippen molar-refractivity contribution in [3.63, 3.8) is 0 Å². The molecule has 96 valence electrons. The smallest absolute Gasteiger partial charge is 0.323 e. The van der Waals surface area contributed by atoms with Gasteiger partial charge in [-0.15, -0.1) is 0 Å². The summed E-state index contributed by atoms with van der Waals surface area (Å²) < 4.78 is 10.3. The number of ether oxygens (including phenoxy) is 2. The summed E-state index contributed by atoms with van der Waals surface area (Å²) in [6.45, 7) is 0.771. The Morgan fingerprint density at radius 3 is 2.83 bits per heavy atom. The number of hydrogen-bond donors (Lipinski definition) is 2. The first-order chi connectivity index (χ1) is 8.70. The Balaban J connectivity index is 1.51. The fourth-order valence-electron chi connectivity index (χ4n) is 2.25. The monoisotopic (exact) mass is 249 g/mol. The van der Waals surface area contributed by atoms with Crippen LogP contribution in [0, 0.1) is 0 Å². The Hall–Kier alpha value is -1.43. The molecule has 0 saturated carbocycles. The highest BCUT2D eigenvalue weighted by Gasteiger charge is 2.61. The highest BCUT2D eigenvalue weighted by Crippen LogP contribution is 2.41. The van der Waals surface area contributed by atoms with Gasteiger partial charge >= 0.3 is 5.97 Å². The molecule has 1 unspecified atom stereocenters. The minimum Gasteiger partial charge on any atom is -0.460 e. The van der Waals surface area contributed by atoms with Crippen LogP contribution in [0.1, 0.15) is 12.0 Å². The van der Waals surface area contributed by atoms with Gasteiger partial charge in [0.25, 0.3) is 0 Å². The van der Waals surface area contributed by atoms with E-state index in [0.717, 1.165) is 5.56 Å². The van der Waals surface area contributed by atoms with Gasteiger partial charge in [-0.1, -0.05) is 30.3 Å². The number of carbonyl (C=O) groups is 1.